The van der Waals surface area contributed by atoms with Gasteiger partial charge in [-0.05, 0) is 98.2 Å². The molecule has 19 nitrogen and oxygen atoms in total. The van der Waals surface area contributed by atoms with E-state index in [2.05, 4.69) is 59.6 Å². The number of rotatable bonds is 19. The predicted octanol–water partition coefficient (Wildman–Crippen LogP) is 11.7. The number of nitrogens with zero attached hydrogens (tertiary/aromatic N) is 4. The summed E-state index contributed by atoms with van der Waals surface area (Å²) in [6.07, 6.45) is 3.74. The predicted molar refractivity (Wildman–Crippen MR) is 356 cm³/mol. The summed E-state index contributed by atoms with van der Waals surface area (Å²) in [7, 11) is -3.32. The molecular weight excluding hydrogens is 1180 g/mol. The second-order valence-electron chi connectivity index (χ2n) is 25.7. The molecule has 12 rings (SSSR count). The monoisotopic (exact) mass is 1260 g/mol. The number of aryl methyl sites for hydroxylation is 2. The first-order chi connectivity index (χ1) is 43.6. The van der Waals surface area contributed by atoms with Gasteiger partial charge < -0.3 is 49.7 Å². The van der Waals surface area contributed by atoms with Crippen molar-refractivity contribution >= 4 is 79.3 Å². The summed E-state index contributed by atoms with van der Waals surface area (Å²) < 4.78 is 19.7. The van der Waals surface area contributed by atoms with Gasteiger partial charge in [-0.15, -0.1) is 0 Å². The second-order valence-corrected chi connectivity index (χ2v) is 36.3. The van der Waals surface area contributed by atoms with Gasteiger partial charge in [0.15, 0.2) is 5.60 Å². The lowest BCUT2D eigenvalue weighted by Gasteiger charge is -2.35. The molecule has 0 aliphatic carbocycles. The van der Waals surface area contributed by atoms with Gasteiger partial charge in [0.25, 0.3) is 11.1 Å². The van der Waals surface area contributed by atoms with Crippen molar-refractivity contribution in [3.05, 3.63) is 187 Å². The quantitative estimate of drug-likeness (QED) is 0.0219. The Balaban J connectivity index is 0.000000187. The molecule has 0 unspecified atom stereocenters. The number of hydrogen-bond acceptors (Lipinski definition) is 13. The number of benzene rings is 4. The number of nitrogens with one attached hydrogen (secondary N) is 4. The number of amides is 4. The molecule has 0 bridgehead atoms. The standard InChI is InChI=1S/C36H40N4O6Si.C34H38N4O5Si/c1-5-36(46-23(2)41)29-20-31-32-27(21-40(31)33(42)28(29)22-45-34(36)43)25(26-14-9-10-15-30(26)39-32)16-19-47(3,4)18-11-17-37-35(44)38-24-12-7-6-8-13-24;1-4-34(42)27-19-29-30-25(20-38(29)31(39)26(27)21-43-32(34)40)23(24-13-8-9-14-28(24)37-30)15-18-44(2,3)17-10-16-35-33(41)36-22-11-6-5-7-12-22/h6-10,12-15,20H,5,11,16-19,21-22H2,1-4H3,(H2,37,38,44);5-9,11-14,19,42H,4,10,15-18,20-21H2,1-3H3,(H2,35,36,41)/t36-;34-/m00/s1. The maximum absolute atomic E-state index is 14.0. The fourth-order valence-electron chi connectivity index (χ4n) is 13.3. The van der Waals surface area contributed by atoms with E-state index in [-0.39, 0.29) is 49.2 Å². The summed E-state index contributed by atoms with van der Waals surface area (Å²) in [6.45, 7) is 15.9. The van der Waals surface area contributed by atoms with Gasteiger partial charge in [-0.25, -0.2) is 29.1 Å². The number of para-hydroxylation sites is 4. The van der Waals surface area contributed by atoms with E-state index < -0.39 is 45.3 Å². The van der Waals surface area contributed by atoms with Crippen LogP contribution in [0.15, 0.2) is 131 Å². The molecule has 472 valence electrons. The minimum Gasteiger partial charge on any atom is -0.458 e. The molecule has 4 aromatic carbocycles. The van der Waals surface area contributed by atoms with Crippen molar-refractivity contribution in [1.82, 2.24) is 29.7 Å². The van der Waals surface area contributed by atoms with Gasteiger partial charge in [0.05, 0.1) is 58.0 Å². The molecular formula is C70H78N8O11Si2. The number of carbonyl (C=O) groups excluding carboxylic acids is 5. The topological polar surface area (TPSA) is 251 Å². The third kappa shape index (κ3) is 12.9. The number of carbonyl (C=O) groups is 5. The summed E-state index contributed by atoms with van der Waals surface area (Å²) in [5, 5.41) is 25.0. The number of anilines is 2. The third-order valence-corrected chi connectivity index (χ3v) is 25.1. The number of esters is 3. The average Bonchev–Trinajstić information content (AvgIpc) is 1.64. The number of cyclic esters (lactones) is 2. The number of urea groups is 2. The molecule has 0 saturated carbocycles. The lowest BCUT2D eigenvalue weighted by molar-refractivity contribution is -0.188. The van der Waals surface area contributed by atoms with Crippen molar-refractivity contribution in [2.24, 2.45) is 0 Å². The van der Waals surface area contributed by atoms with Crippen LogP contribution in [0, 0.1) is 0 Å². The summed E-state index contributed by atoms with van der Waals surface area (Å²) in [4.78, 5) is 100. The van der Waals surface area contributed by atoms with Crippen LogP contribution in [0.25, 0.3) is 44.6 Å². The molecule has 0 fully saturated rings. The number of hydrogen-bond donors (Lipinski definition) is 5. The Bertz CT molecular complexity index is 4310. The molecule has 8 aromatic rings. The van der Waals surface area contributed by atoms with Crippen LogP contribution in [-0.2, 0) is 78.9 Å². The van der Waals surface area contributed by atoms with E-state index in [9.17, 15) is 38.7 Å². The molecule has 21 heteroatoms. The molecule has 5 N–H and O–H groups in total. The van der Waals surface area contributed by atoms with Crippen LogP contribution in [0.1, 0.15) is 91.0 Å². The number of pyridine rings is 4. The normalized spacial score (nSPS) is 16.8. The van der Waals surface area contributed by atoms with Gasteiger partial charge in [-0.1, -0.05) is 137 Å². The molecule has 0 saturated heterocycles. The Morgan fingerprint density at radius 3 is 1.45 bits per heavy atom. The first kappa shape index (κ1) is 63.5. The molecule has 0 radical (unpaired) electrons. The zero-order valence-electron chi connectivity index (χ0n) is 52.7. The molecule has 91 heavy (non-hydrogen) atoms. The molecule has 4 aliphatic heterocycles. The smallest absolute Gasteiger partial charge is 0.355 e. The van der Waals surface area contributed by atoms with Crippen molar-refractivity contribution in [2.75, 3.05) is 23.7 Å². The highest BCUT2D eigenvalue weighted by Crippen LogP contribution is 2.44. The zero-order chi connectivity index (χ0) is 64.4. The first-order valence-corrected chi connectivity index (χ1v) is 38.3. The average molecular weight is 1260 g/mol. The molecule has 4 aliphatic rings. The van der Waals surface area contributed by atoms with E-state index in [1.807, 2.05) is 97.1 Å². The van der Waals surface area contributed by atoms with E-state index in [0.29, 0.717) is 59.8 Å². The highest BCUT2D eigenvalue weighted by molar-refractivity contribution is 6.77. The summed E-state index contributed by atoms with van der Waals surface area (Å²) >= 11 is 0. The van der Waals surface area contributed by atoms with Crippen LogP contribution in [0.3, 0.4) is 0 Å². The first-order valence-electron chi connectivity index (χ1n) is 31.5. The van der Waals surface area contributed by atoms with Crippen molar-refractivity contribution in [2.45, 2.75) is 147 Å². The Labute approximate surface area is 530 Å². The lowest BCUT2D eigenvalue weighted by atomic mass is 9.85. The van der Waals surface area contributed by atoms with Gasteiger partial charge in [-0.2, -0.15) is 0 Å². The van der Waals surface area contributed by atoms with Crippen LogP contribution in [-0.4, -0.2) is 83.4 Å². The van der Waals surface area contributed by atoms with E-state index >= 15 is 0 Å². The van der Waals surface area contributed by atoms with Gasteiger partial charge in [0.2, 0.25) is 5.60 Å². The molecule has 0 spiro atoms. The number of ether oxygens (including phenoxy) is 3. The van der Waals surface area contributed by atoms with Crippen molar-refractivity contribution in [3.8, 4) is 22.8 Å². The van der Waals surface area contributed by atoms with Gasteiger partial charge in [-0.3, -0.25) is 14.4 Å². The Hall–Kier alpha value is -9.06. The van der Waals surface area contributed by atoms with Crippen molar-refractivity contribution < 1.29 is 43.3 Å². The largest absolute Gasteiger partial charge is 0.458 e. The minimum absolute atomic E-state index is 0.109. The van der Waals surface area contributed by atoms with E-state index in [1.54, 1.807) is 35.1 Å². The SMILES string of the molecule is CC[C@@]1(O)C(=O)OCc2c1cc1n(c2=O)Cc2c-1nc1ccccc1c2CC[Si](C)(C)CCCNC(=O)Nc1ccccc1.CC[C@@]1(OC(C)=O)C(=O)OCc2c1cc1n(c2=O)Cc2c-1nc1ccccc1c2CC[Si](C)(C)CCCNC(=O)Nc1ccccc1. The summed E-state index contributed by atoms with van der Waals surface area (Å²) in [6, 6.07) is 42.3. The van der Waals surface area contributed by atoms with Gasteiger partial charge in [0, 0.05) is 80.6 Å². The van der Waals surface area contributed by atoms with Crippen molar-refractivity contribution in [3.63, 3.8) is 0 Å². The van der Waals surface area contributed by atoms with Crippen molar-refractivity contribution in [1.29, 1.82) is 0 Å². The van der Waals surface area contributed by atoms with Gasteiger partial charge >= 0.3 is 30.0 Å². The second kappa shape index (κ2) is 26.0. The Morgan fingerprint density at radius 1 is 0.571 bits per heavy atom. The number of aromatic nitrogens is 4. The van der Waals surface area contributed by atoms with Crippen LogP contribution in [0.2, 0.25) is 50.4 Å². The minimum atomic E-state index is -1.85. The fraction of sp³-hybridized carbons (Fsp3) is 0.357. The van der Waals surface area contributed by atoms with Crippen LogP contribution < -0.4 is 32.4 Å². The lowest BCUT2D eigenvalue weighted by Crippen LogP contribution is -2.47. The highest BCUT2D eigenvalue weighted by atomic mass is 28.3. The van der Waals surface area contributed by atoms with E-state index in [0.717, 1.165) is 106 Å². The van der Waals surface area contributed by atoms with Gasteiger partial charge in [0.1, 0.15) is 13.2 Å². The summed E-state index contributed by atoms with van der Waals surface area (Å²) in [5.41, 5.74) is 7.69. The maximum atomic E-state index is 14.0. The molecule has 8 heterocycles. The molecule has 4 amide bonds. The summed E-state index contributed by atoms with van der Waals surface area (Å²) in [5.74, 6) is -2.01. The Kier molecular flexibility index (Phi) is 18.2. The van der Waals surface area contributed by atoms with Crippen LogP contribution >= 0.6 is 0 Å². The Morgan fingerprint density at radius 2 is 1.00 bits per heavy atom. The van der Waals surface area contributed by atoms with Crippen LogP contribution in [0.5, 0.6) is 0 Å². The number of aliphatic hydroxyl groups is 1. The third-order valence-electron chi connectivity index (χ3n) is 18.5. The van der Waals surface area contributed by atoms with E-state index in [1.165, 1.54) is 18.1 Å². The maximum Gasteiger partial charge on any atom is 0.355 e. The highest BCUT2D eigenvalue weighted by Gasteiger charge is 2.50. The van der Waals surface area contributed by atoms with Crippen LogP contribution in [0.4, 0.5) is 21.0 Å². The zero-order valence-corrected chi connectivity index (χ0v) is 54.7. The molecule has 4 aromatic heterocycles. The molecule has 2 atom stereocenters. The fourth-order valence-corrected chi connectivity index (χ4v) is 17.9. The van der Waals surface area contributed by atoms with E-state index in [4.69, 9.17) is 24.2 Å². The number of fused-ring (bicyclic) bond motifs is 10.